The topological polar surface area (TPSA) is 125 Å². The number of rotatable bonds is 3. The normalized spacial score (nSPS) is 11.7. The van der Waals surface area contributed by atoms with E-state index in [4.69, 9.17) is 15.6 Å². The van der Waals surface area contributed by atoms with E-state index < -0.39 is 16.0 Å². The molecule has 0 radical (unpaired) electrons. The number of ether oxygens (including phenoxy) is 1. The van der Waals surface area contributed by atoms with Crippen molar-refractivity contribution >= 4 is 37.5 Å². The molecule has 0 fully saturated rings. The van der Waals surface area contributed by atoms with Gasteiger partial charge in [-0.25, -0.2) is 18.5 Å². The van der Waals surface area contributed by atoms with Gasteiger partial charge in [0.05, 0.1) is 16.8 Å². The Kier molecular flexibility index (Phi) is 3.30. The van der Waals surface area contributed by atoms with Crippen LogP contribution < -0.4 is 15.6 Å². The van der Waals surface area contributed by atoms with Crippen LogP contribution in [0.15, 0.2) is 22.5 Å². The first kappa shape index (κ1) is 12.9. The highest BCUT2D eigenvalue weighted by atomic mass is 32.2. The van der Waals surface area contributed by atoms with Crippen LogP contribution in [-0.4, -0.2) is 25.9 Å². The molecule has 2 aromatic rings. The van der Waals surface area contributed by atoms with Crippen molar-refractivity contribution in [1.82, 2.24) is 4.98 Å². The minimum absolute atomic E-state index is 0.181. The SMILES string of the molecule is NCC(=O)Oc1ccc2nc(S(N)(=O)=O)sc2c1. The maximum Gasteiger partial charge on any atom is 0.325 e. The number of fused-ring (bicyclic) bond motifs is 1. The third-order valence-corrected chi connectivity index (χ3v) is 4.32. The summed E-state index contributed by atoms with van der Waals surface area (Å²) in [4.78, 5) is 14.9. The van der Waals surface area contributed by atoms with Gasteiger partial charge in [0.2, 0.25) is 4.34 Å². The molecule has 0 unspecified atom stereocenters. The van der Waals surface area contributed by atoms with Gasteiger partial charge in [0.1, 0.15) is 5.75 Å². The molecule has 9 heteroatoms. The molecule has 1 aromatic heterocycles. The van der Waals surface area contributed by atoms with Gasteiger partial charge < -0.3 is 10.5 Å². The lowest BCUT2D eigenvalue weighted by atomic mass is 10.3. The van der Waals surface area contributed by atoms with Gasteiger partial charge in [-0.05, 0) is 12.1 Å². The average molecular weight is 287 g/mol. The quantitative estimate of drug-likeness (QED) is 0.595. The Labute approximate surface area is 106 Å². The van der Waals surface area contributed by atoms with E-state index in [2.05, 4.69) is 4.98 Å². The summed E-state index contributed by atoms with van der Waals surface area (Å²) in [6.07, 6.45) is 0. The van der Waals surface area contributed by atoms with Crippen molar-refractivity contribution in [1.29, 1.82) is 0 Å². The van der Waals surface area contributed by atoms with Crippen LogP contribution in [-0.2, 0) is 14.8 Å². The van der Waals surface area contributed by atoms with E-state index in [9.17, 15) is 13.2 Å². The molecule has 0 saturated heterocycles. The monoisotopic (exact) mass is 287 g/mol. The highest BCUT2D eigenvalue weighted by molar-refractivity contribution is 7.91. The molecular weight excluding hydrogens is 278 g/mol. The summed E-state index contributed by atoms with van der Waals surface area (Å²) < 4.78 is 27.5. The molecule has 0 saturated carbocycles. The number of nitrogens with zero attached hydrogens (tertiary/aromatic N) is 1. The molecule has 1 aromatic carbocycles. The van der Waals surface area contributed by atoms with E-state index in [1.807, 2.05) is 0 Å². The molecule has 0 amide bonds. The zero-order valence-electron chi connectivity index (χ0n) is 8.99. The number of thiazole rings is 1. The number of hydrogen-bond donors (Lipinski definition) is 2. The van der Waals surface area contributed by atoms with Crippen LogP contribution in [0.5, 0.6) is 5.75 Å². The summed E-state index contributed by atoms with van der Waals surface area (Å²) in [5, 5.41) is 4.98. The lowest BCUT2D eigenvalue weighted by Gasteiger charge is -2.01. The van der Waals surface area contributed by atoms with E-state index >= 15 is 0 Å². The minimum Gasteiger partial charge on any atom is -0.426 e. The van der Waals surface area contributed by atoms with Gasteiger partial charge in [-0.1, -0.05) is 0 Å². The third kappa shape index (κ3) is 2.64. The fourth-order valence-corrected chi connectivity index (χ4v) is 2.93. The van der Waals surface area contributed by atoms with Gasteiger partial charge in [-0.15, -0.1) is 11.3 Å². The highest BCUT2D eigenvalue weighted by Crippen LogP contribution is 2.28. The molecule has 0 aliphatic rings. The van der Waals surface area contributed by atoms with Crippen LogP contribution in [0.4, 0.5) is 0 Å². The standard InChI is InChI=1S/C9H9N3O4S2/c10-4-8(13)16-5-1-2-6-7(3-5)17-9(12-6)18(11,14)15/h1-3H,4,10H2,(H2,11,14,15). The van der Waals surface area contributed by atoms with Crippen LogP contribution in [0.2, 0.25) is 0 Å². The molecule has 0 aliphatic heterocycles. The van der Waals surface area contributed by atoms with Crippen LogP contribution in [0.25, 0.3) is 10.2 Å². The Morgan fingerprint density at radius 2 is 2.17 bits per heavy atom. The number of primary sulfonamides is 1. The number of aromatic nitrogens is 1. The van der Waals surface area contributed by atoms with Crippen molar-refractivity contribution in [2.24, 2.45) is 10.9 Å². The molecule has 96 valence electrons. The molecule has 18 heavy (non-hydrogen) atoms. The Morgan fingerprint density at radius 3 is 2.78 bits per heavy atom. The fourth-order valence-electron chi connectivity index (χ4n) is 1.24. The maximum absolute atomic E-state index is 11.1. The first-order chi connectivity index (χ1) is 8.40. The molecule has 4 N–H and O–H groups in total. The zero-order chi connectivity index (χ0) is 13.3. The first-order valence-corrected chi connectivity index (χ1v) is 7.10. The van der Waals surface area contributed by atoms with E-state index in [-0.39, 0.29) is 16.6 Å². The fraction of sp³-hybridized carbons (Fsp3) is 0.111. The smallest absolute Gasteiger partial charge is 0.325 e. The van der Waals surface area contributed by atoms with Crippen LogP contribution >= 0.6 is 11.3 Å². The molecule has 2 rings (SSSR count). The van der Waals surface area contributed by atoms with Crippen LogP contribution in [0.3, 0.4) is 0 Å². The van der Waals surface area contributed by atoms with Crippen molar-refractivity contribution in [2.45, 2.75) is 4.34 Å². The Bertz CT molecular complexity index is 708. The summed E-state index contributed by atoms with van der Waals surface area (Å²) >= 11 is 0.906. The van der Waals surface area contributed by atoms with Gasteiger partial charge in [-0.2, -0.15) is 0 Å². The lowest BCUT2D eigenvalue weighted by Crippen LogP contribution is -2.19. The number of esters is 1. The average Bonchev–Trinajstić information content (AvgIpc) is 2.71. The van der Waals surface area contributed by atoms with Crippen LogP contribution in [0, 0.1) is 0 Å². The molecule has 0 atom stereocenters. The van der Waals surface area contributed by atoms with E-state index in [0.29, 0.717) is 10.2 Å². The van der Waals surface area contributed by atoms with Crippen molar-refractivity contribution < 1.29 is 17.9 Å². The van der Waals surface area contributed by atoms with Gasteiger partial charge in [0.15, 0.2) is 0 Å². The number of sulfonamides is 1. The summed E-state index contributed by atoms with van der Waals surface area (Å²) in [6, 6.07) is 4.55. The van der Waals surface area contributed by atoms with Crippen molar-refractivity contribution in [3.8, 4) is 5.75 Å². The Balaban J connectivity index is 2.43. The van der Waals surface area contributed by atoms with E-state index in [1.165, 1.54) is 12.1 Å². The van der Waals surface area contributed by atoms with Gasteiger partial charge in [0, 0.05) is 6.07 Å². The summed E-state index contributed by atoms with van der Waals surface area (Å²) in [5.41, 5.74) is 5.58. The Morgan fingerprint density at radius 1 is 1.44 bits per heavy atom. The van der Waals surface area contributed by atoms with E-state index in [1.54, 1.807) is 6.07 Å². The number of nitrogens with two attached hydrogens (primary N) is 2. The molecular formula is C9H9N3O4S2. The number of benzene rings is 1. The zero-order valence-corrected chi connectivity index (χ0v) is 10.6. The summed E-state index contributed by atoms with van der Waals surface area (Å²) in [5.74, 6) is -0.298. The molecule has 0 spiro atoms. The highest BCUT2D eigenvalue weighted by Gasteiger charge is 2.15. The number of hydrogen-bond acceptors (Lipinski definition) is 7. The number of carbonyl (C=O) groups excluding carboxylic acids is 1. The van der Waals surface area contributed by atoms with Gasteiger partial charge in [0.25, 0.3) is 10.0 Å². The van der Waals surface area contributed by atoms with Crippen molar-refractivity contribution in [3.05, 3.63) is 18.2 Å². The molecule has 7 nitrogen and oxygen atoms in total. The third-order valence-electron chi connectivity index (χ3n) is 1.98. The minimum atomic E-state index is -3.83. The van der Waals surface area contributed by atoms with Crippen molar-refractivity contribution in [3.63, 3.8) is 0 Å². The van der Waals surface area contributed by atoms with Crippen molar-refractivity contribution in [2.75, 3.05) is 6.54 Å². The predicted octanol–water partition coefficient (Wildman–Crippen LogP) is -0.192. The molecule has 0 bridgehead atoms. The van der Waals surface area contributed by atoms with Crippen LogP contribution in [0.1, 0.15) is 0 Å². The largest absolute Gasteiger partial charge is 0.426 e. The second kappa shape index (κ2) is 4.61. The second-order valence-corrected chi connectivity index (χ2v) is 6.10. The lowest BCUT2D eigenvalue weighted by molar-refractivity contribution is -0.132. The predicted molar refractivity (Wildman–Crippen MR) is 65.7 cm³/mol. The first-order valence-electron chi connectivity index (χ1n) is 4.74. The van der Waals surface area contributed by atoms with E-state index in [0.717, 1.165) is 11.3 Å². The Hall–Kier alpha value is -1.55. The molecule has 1 heterocycles. The van der Waals surface area contributed by atoms with Gasteiger partial charge >= 0.3 is 5.97 Å². The number of carbonyl (C=O) groups is 1. The molecule has 0 aliphatic carbocycles. The second-order valence-electron chi connectivity index (χ2n) is 3.33. The summed E-state index contributed by atoms with van der Waals surface area (Å²) in [7, 11) is -3.83. The maximum atomic E-state index is 11.1. The summed E-state index contributed by atoms with van der Waals surface area (Å²) in [6.45, 7) is -0.233. The van der Waals surface area contributed by atoms with Gasteiger partial charge in [-0.3, -0.25) is 4.79 Å².